The molecule has 3 rings (SSSR count). The van der Waals surface area contributed by atoms with Gasteiger partial charge >= 0.3 is 0 Å². The van der Waals surface area contributed by atoms with Gasteiger partial charge in [-0.2, -0.15) is 0 Å². The number of nitrogens with zero attached hydrogens (tertiary/aromatic N) is 2. The summed E-state index contributed by atoms with van der Waals surface area (Å²) in [7, 11) is -3.21. The Hall–Kier alpha value is -1.89. The zero-order chi connectivity index (χ0) is 18.7. The average Bonchev–Trinajstić information content (AvgIpc) is 2.78. The zero-order valence-electron chi connectivity index (χ0n) is 15.2. The fourth-order valence-corrected chi connectivity index (χ4v) is 4.42. The lowest BCUT2D eigenvalue weighted by atomic mass is 10.1. The van der Waals surface area contributed by atoms with Gasteiger partial charge in [0, 0.05) is 31.5 Å². The number of hydrogen-bond acceptors (Lipinski definition) is 4. The number of likely N-dealkylation sites (tertiary alicyclic amines) is 1. The Balaban J connectivity index is 1.84. The molecule has 1 atom stereocenters. The Morgan fingerprint density at radius 3 is 2.38 bits per heavy atom. The van der Waals surface area contributed by atoms with Crippen LogP contribution in [0.3, 0.4) is 0 Å². The number of sulfone groups is 1. The third kappa shape index (κ3) is 4.26. The summed E-state index contributed by atoms with van der Waals surface area (Å²) in [5, 5.41) is 0. The molecule has 0 aliphatic carbocycles. The van der Waals surface area contributed by atoms with Gasteiger partial charge in [-0.25, -0.2) is 8.42 Å². The average molecular weight is 378 g/mol. The highest BCUT2D eigenvalue weighted by molar-refractivity contribution is 7.90. The van der Waals surface area contributed by atoms with Crippen molar-refractivity contribution in [2.75, 3.05) is 25.1 Å². The van der Waals surface area contributed by atoms with Crippen molar-refractivity contribution in [1.29, 1.82) is 0 Å². The number of benzene rings is 1. The number of fused-ring (bicyclic) bond motifs is 1. The first kappa shape index (κ1) is 18.9. The molecule has 0 aromatic heterocycles. The second-order valence-corrected chi connectivity index (χ2v) is 9.52. The number of amides is 2. The molecule has 7 heteroatoms. The fourth-order valence-electron chi connectivity index (χ4n) is 3.77. The minimum Gasteiger partial charge on any atom is -0.341 e. The van der Waals surface area contributed by atoms with E-state index in [0.717, 1.165) is 31.2 Å². The van der Waals surface area contributed by atoms with Gasteiger partial charge in [0.15, 0.2) is 0 Å². The van der Waals surface area contributed by atoms with Crippen molar-refractivity contribution in [2.45, 2.75) is 44.7 Å². The molecule has 0 spiro atoms. The second kappa shape index (κ2) is 7.78. The predicted octanol–water partition coefficient (Wildman–Crippen LogP) is 1.85. The first-order valence-corrected chi connectivity index (χ1v) is 11.3. The fraction of sp³-hybridized carbons (Fsp3) is 0.579. The molecule has 2 aliphatic rings. The van der Waals surface area contributed by atoms with Crippen molar-refractivity contribution in [3.05, 3.63) is 35.4 Å². The minimum atomic E-state index is -3.21. The molecule has 0 N–H and O–H groups in total. The molecule has 1 fully saturated rings. The molecular weight excluding hydrogens is 352 g/mol. The van der Waals surface area contributed by atoms with E-state index < -0.39 is 15.9 Å². The van der Waals surface area contributed by atoms with Crippen LogP contribution < -0.4 is 0 Å². The van der Waals surface area contributed by atoms with Gasteiger partial charge in [0.05, 0.1) is 5.75 Å². The van der Waals surface area contributed by atoms with E-state index in [-0.39, 0.29) is 24.0 Å². The summed E-state index contributed by atoms with van der Waals surface area (Å²) in [5.41, 5.74) is 1.51. The maximum atomic E-state index is 13.2. The summed E-state index contributed by atoms with van der Waals surface area (Å²) in [6, 6.07) is 6.61. The largest absolute Gasteiger partial charge is 0.341 e. The molecule has 2 aliphatic heterocycles. The van der Waals surface area contributed by atoms with E-state index in [0.29, 0.717) is 25.2 Å². The van der Waals surface area contributed by atoms with Crippen LogP contribution in [-0.4, -0.2) is 61.2 Å². The Labute approximate surface area is 155 Å². The normalized spacial score (nSPS) is 19.2. The number of carbonyl (C=O) groups is 2. The van der Waals surface area contributed by atoms with Crippen LogP contribution in [0.5, 0.6) is 0 Å². The summed E-state index contributed by atoms with van der Waals surface area (Å²) in [4.78, 5) is 29.4. The van der Waals surface area contributed by atoms with Gasteiger partial charge < -0.3 is 9.80 Å². The number of hydrogen-bond donors (Lipinski definition) is 0. The SMILES string of the molecule is CS(=O)(=O)CCC(C(=O)N1CCCCCC1)N1Cc2ccccc2C1=O. The van der Waals surface area contributed by atoms with Crippen LogP contribution in [0, 0.1) is 0 Å². The van der Waals surface area contributed by atoms with E-state index in [1.807, 2.05) is 23.1 Å². The summed E-state index contributed by atoms with van der Waals surface area (Å²) >= 11 is 0. The Kier molecular flexibility index (Phi) is 5.65. The summed E-state index contributed by atoms with van der Waals surface area (Å²) in [5.74, 6) is -0.392. The first-order valence-electron chi connectivity index (χ1n) is 9.22. The maximum absolute atomic E-state index is 13.2. The van der Waals surface area contributed by atoms with Crippen molar-refractivity contribution in [1.82, 2.24) is 9.80 Å². The molecule has 1 saturated heterocycles. The van der Waals surface area contributed by atoms with Gasteiger partial charge in [-0.05, 0) is 30.9 Å². The molecule has 2 heterocycles. The van der Waals surface area contributed by atoms with E-state index in [9.17, 15) is 18.0 Å². The summed E-state index contributed by atoms with van der Waals surface area (Å²) < 4.78 is 23.4. The van der Waals surface area contributed by atoms with Crippen molar-refractivity contribution in [3.63, 3.8) is 0 Å². The summed E-state index contributed by atoms with van der Waals surface area (Å²) in [6.07, 6.45) is 5.43. The summed E-state index contributed by atoms with van der Waals surface area (Å²) in [6.45, 7) is 1.73. The molecule has 1 aromatic rings. The van der Waals surface area contributed by atoms with Gasteiger partial charge in [0.2, 0.25) is 5.91 Å². The predicted molar refractivity (Wildman–Crippen MR) is 99.5 cm³/mol. The van der Waals surface area contributed by atoms with Crippen molar-refractivity contribution >= 4 is 21.7 Å². The van der Waals surface area contributed by atoms with E-state index in [2.05, 4.69) is 0 Å². The lowest BCUT2D eigenvalue weighted by Crippen LogP contribution is -2.49. The number of rotatable bonds is 5. The highest BCUT2D eigenvalue weighted by Crippen LogP contribution is 2.27. The standard InChI is InChI=1S/C19H26N2O4S/c1-26(24,25)13-10-17(19(23)20-11-6-2-3-7-12-20)21-14-15-8-4-5-9-16(15)18(21)22/h4-5,8-9,17H,2-3,6-7,10-14H2,1H3. The third-order valence-corrected chi connectivity index (χ3v) is 6.17. The van der Waals surface area contributed by atoms with E-state index in [1.165, 1.54) is 6.26 Å². The van der Waals surface area contributed by atoms with Gasteiger partial charge in [-0.3, -0.25) is 9.59 Å². The van der Waals surface area contributed by atoms with Crippen LogP contribution in [0.15, 0.2) is 24.3 Å². The molecule has 0 radical (unpaired) electrons. The molecule has 6 nitrogen and oxygen atoms in total. The van der Waals surface area contributed by atoms with Gasteiger partial charge in [-0.1, -0.05) is 31.0 Å². The first-order chi connectivity index (χ1) is 12.4. The van der Waals surface area contributed by atoms with Crippen LogP contribution in [0.2, 0.25) is 0 Å². The van der Waals surface area contributed by atoms with Crippen molar-refractivity contribution in [3.8, 4) is 0 Å². The molecule has 142 valence electrons. The van der Waals surface area contributed by atoms with Crippen LogP contribution in [0.1, 0.15) is 48.0 Å². The molecule has 26 heavy (non-hydrogen) atoms. The molecule has 0 bridgehead atoms. The minimum absolute atomic E-state index is 0.0998. The highest BCUT2D eigenvalue weighted by atomic mass is 32.2. The lowest BCUT2D eigenvalue weighted by Gasteiger charge is -2.32. The van der Waals surface area contributed by atoms with E-state index in [1.54, 1.807) is 11.0 Å². The van der Waals surface area contributed by atoms with Gasteiger partial charge in [0.1, 0.15) is 15.9 Å². The Morgan fingerprint density at radius 2 is 1.77 bits per heavy atom. The van der Waals surface area contributed by atoms with Gasteiger partial charge in [-0.15, -0.1) is 0 Å². The molecule has 2 amide bonds. The van der Waals surface area contributed by atoms with Crippen molar-refractivity contribution in [2.24, 2.45) is 0 Å². The van der Waals surface area contributed by atoms with Gasteiger partial charge in [0.25, 0.3) is 5.91 Å². The monoisotopic (exact) mass is 378 g/mol. The van der Waals surface area contributed by atoms with Crippen molar-refractivity contribution < 1.29 is 18.0 Å². The van der Waals surface area contributed by atoms with Crippen LogP contribution >= 0.6 is 0 Å². The molecule has 1 unspecified atom stereocenters. The molecule has 0 saturated carbocycles. The Bertz CT molecular complexity index is 782. The van der Waals surface area contributed by atoms with E-state index >= 15 is 0 Å². The number of carbonyl (C=O) groups excluding carboxylic acids is 2. The third-order valence-electron chi connectivity index (χ3n) is 5.19. The maximum Gasteiger partial charge on any atom is 0.255 e. The van der Waals surface area contributed by atoms with E-state index in [4.69, 9.17) is 0 Å². The molecule has 1 aromatic carbocycles. The zero-order valence-corrected chi connectivity index (χ0v) is 16.0. The quantitative estimate of drug-likeness (QED) is 0.784. The smallest absolute Gasteiger partial charge is 0.255 e. The lowest BCUT2D eigenvalue weighted by molar-refractivity contribution is -0.136. The topological polar surface area (TPSA) is 74.8 Å². The van der Waals surface area contributed by atoms with Crippen LogP contribution in [-0.2, 0) is 21.2 Å². The second-order valence-electron chi connectivity index (χ2n) is 7.26. The highest BCUT2D eigenvalue weighted by Gasteiger charge is 2.38. The van der Waals surface area contributed by atoms with Crippen LogP contribution in [0.4, 0.5) is 0 Å². The Morgan fingerprint density at radius 1 is 1.12 bits per heavy atom. The van der Waals surface area contributed by atoms with Crippen LogP contribution in [0.25, 0.3) is 0 Å². The molecular formula is C19H26N2O4S.